The summed E-state index contributed by atoms with van der Waals surface area (Å²) < 4.78 is 37.6. The molecule has 2 aromatic rings. The Morgan fingerprint density at radius 2 is 2.06 bits per heavy atom. The topological polar surface area (TPSA) is 63.8 Å². The molecule has 0 bridgehead atoms. The van der Waals surface area contributed by atoms with Crippen LogP contribution < -0.4 is 0 Å². The van der Waals surface area contributed by atoms with Crippen LogP contribution >= 0.6 is 0 Å². The van der Waals surface area contributed by atoms with E-state index in [1.165, 1.54) is 12.1 Å². The van der Waals surface area contributed by atoms with Crippen LogP contribution in [0.4, 0.5) is 13.2 Å². The molecule has 16 heavy (non-hydrogen) atoms. The van der Waals surface area contributed by atoms with Crippen LogP contribution in [0.1, 0.15) is 6.55 Å². The molecule has 84 valence electrons. The fourth-order valence-corrected chi connectivity index (χ4v) is 1.14. The van der Waals surface area contributed by atoms with E-state index in [2.05, 4.69) is 15.4 Å². The largest absolute Gasteiger partial charge is 0.507 e. The van der Waals surface area contributed by atoms with Crippen molar-refractivity contribution in [2.45, 2.75) is 6.55 Å². The van der Waals surface area contributed by atoms with Gasteiger partial charge in [0.25, 0.3) is 0 Å². The number of halogens is 3. The molecule has 0 fully saturated rings. The van der Waals surface area contributed by atoms with Crippen LogP contribution in [0.5, 0.6) is 5.75 Å². The van der Waals surface area contributed by atoms with E-state index in [1.54, 1.807) is 0 Å². The van der Waals surface area contributed by atoms with Crippen LogP contribution in [0.25, 0.3) is 11.4 Å². The normalized spacial score (nSPS) is 11.0. The summed E-state index contributed by atoms with van der Waals surface area (Å²) in [4.78, 5) is 0.0290. The van der Waals surface area contributed by atoms with Crippen molar-refractivity contribution in [2.24, 2.45) is 0 Å². The van der Waals surface area contributed by atoms with E-state index in [9.17, 15) is 18.3 Å². The lowest BCUT2D eigenvalue weighted by Gasteiger charge is -1.99. The maximum absolute atomic E-state index is 13.3. The van der Waals surface area contributed by atoms with Gasteiger partial charge >= 0.3 is 6.55 Å². The van der Waals surface area contributed by atoms with Gasteiger partial charge in [0.05, 0.1) is 0 Å². The second-order valence-electron chi connectivity index (χ2n) is 2.85. The number of alkyl halides is 2. The average Bonchev–Trinajstić information content (AvgIpc) is 2.66. The van der Waals surface area contributed by atoms with E-state index >= 15 is 0 Å². The minimum atomic E-state index is -2.96. The molecule has 1 aromatic heterocycles. The van der Waals surface area contributed by atoms with Crippen LogP contribution in [0, 0.1) is 5.82 Å². The summed E-state index contributed by atoms with van der Waals surface area (Å²) in [5.74, 6) is -1.64. The van der Waals surface area contributed by atoms with Gasteiger partial charge in [-0.3, -0.25) is 0 Å². The van der Waals surface area contributed by atoms with Gasteiger partial charge in [0, 0.05) is 0 Å². The van der Waals surface area contributed by atoms with E-state index in [0.29, 0.717) is 0 Å². The van der Waals surface area contributed by atoms with Gasteiger partial charge in [-0.15, -0.1) is 10.2 Å². The first kappa shape index (κ1) is 10.4. The van der Waals surface area contributed by atoms with E-state index in [-0.39, 0.29) is 10.4 Å². The van der Waals surface area contributed by atoms with Crippen LogP contribution in [-0.2, 0) is 0 Å². The van der Waals surface area contributed by atoms with E-state index in [1.807, 2.05) is 0 Å². The summed E-state index contributed by atoms with van der Waals surface area (Å²) in [5, 5.41) is 18.8. The molecule has 0 radical (unpaired) electrons. The molecule has 0 saturated heterocycles. The summed E-state index contributed by atoms with van der Waals surface area (Å²) in [7, 11) is 0. The van der Waals surface area contributed by atoms with Gasteiger partial charge in [-0.2, -0.15) is 8.78 Å². The third kappa shape index (κ3) is 1.69. The molecule has 0 aliphatic heterocycles. The molecule has 1 aromatic carbocycles. The number of phenols is 1. The third-order valence-electron chi connectivity index (χ3n) is 1.82. The van der Waals surface area contributed by atoms with Gasteiger partial charge in [0.2, 0.25) is 5.82 Å². The average molecular weight is 230 g/mol. The Morgan fingerprint density at radius 3 is 2.62 bits per heavy atom. The highest BCUT2D eigenvalue weighted by Gasteiger charge is 2.18. The first-order chi connectivity index (χ1) is 7.59. The number of hydrogen-bond acceptors (Lipinski definition) is 4. The lowest BCUT2D eigenvalue weighted by Crippen LogP contribution is -2.02. The van der Waals surface area contributed by atoms with Gasteiger partial charge in [-0.25, -0.2) is 4.39 Å². The molecule has 5 nitrogen and oxygen atoms in total. The molecule has 0 aliphatic rings. The van der Waals surface area contributed by atoms with E-state index in [0.717, 1.165) is 6.07 Å². The van der Waals surface area contributed by atoms with E-state index in [4.69, 9.17) is 0 Å². The fourth-order valence-electron chi connectivity index (χ4n) is 1.14. The van der Waals surface area contributed by atoms with Crippen molar-refractivity contribution in [3.63, 3.8) is 0 Å². The highest BCUT2D eigenvalue weighted by Crippen LogP contribution is 2.28. The van der Waals surface area contributed by atoms with E-state index < -0.39 is 23.9 Å². The van der Waals surface area contributed by atoms with Crippen molar-refractivity contribution in [2.75, 3.05) is 0 Å². The first-order valence-electron chi connectivity index (χ1n) is 4.15. The van der Waals surface area contributed by atoms with Gasteiger partial charge in [0.15, 0.2) is 0 Å². The Bertz CT molecular complexity index is 493. The Labute approximate surface area is 87.1 Å². The molecule has 0 unspecified atom stereocenters. The minimum Gasteiger partial charge on any atom is -0.507 e. The Hall–Kier alpha value is -2.12. The molecular weight excluding hydrogens is 225 g/mol. The maximum atomic E-state index is 13.3. The van der Waals surface area contributed by atoms with Crippen LogP contribution in [0.15, 0.2) is 18.2 Å². The molecule has 0 aliphatic carbocycles. The van der Waals surface area contributed by atoms with Crippen molar-refractivity contribution in [3.8, 4) is 17.1 Å². The third-order valence-corrected chi connectivity index (χ3v) is 1.82. The second-order valence-corrected chi connectivity index (χ2v) is 2.85. The van der Waals surface area contributed by atoms with Crippen LogP contribution in [0.2, 0.25) is 0 Å². The smallest absolute Gasteiger partial charge is 0.350 e. The zero-order chi connectivity index (χ0) is 11.7. The summed E-state index contributed by atoms with van der Waals surface area (Å²) in [5.41, 5.74) is -0.352. The molecule has 1 N–H and O–H groups in total. The molecule has 8 heteroatoms. The quantitative estimate of drug-likeness (QED) is 0.850. The predicted octanol–water partition coefficient (Wildman–Crippen LogP) is 1.58. The number of tetrazole rings is 1. The van der Waals surface area contributed by atoms with Crippen molar-refractivity contribution in [1.82, 2.24) is 20.2 Å². The summed E-state index contributed by atoms with van der Waals surface area (Å²) in [6.07, 6.45) is 0. The molecule has 0 atom stereocenters. The number of benzene rings is 1. The highest BCUT2D eigenvalue weighted by atomic mass is 19.3. The highest BCUT2D eigenvalue weighted by molar-refractivity contribution is 5.63. The summed E-state index contributed by atoms with van der Waals surface area (Å²) in [6, 6.07) is 3.52. The lowest BCUT2D eigenvalue weighted by molar-refractivity contribution is 0.0397. The number of rotatable bonds is 2. The zero-order valence-electron chi connectivity index (χ0n) is 7.68. The minimum absolute atomic E-state index is 0.0290. The summed E-state index contributed by atoms with van der Waals surface area (Å²) >= 11 is 0. The second kappa shape index (κ2) is 3.80. The van der Waals surface area contributed by atoms with Crippen molar-refractivity contribution >= 4 is 0 Å². The van der Waals surface area contributed by atoms with Gasteiger partial charge < -0.3 is 5.11 Å². The monoisotopic (exact) mass is 230 g/mol. The Kier molecular flexibility index (Phi) is 2.47. The van der Waals surface area contributed by atoms with Gasteiger partial charge in [-0.05, 0) is 17.3 Å². The molecule has 1 heterocycles. The van der Waals surface area contributed by atoms with Crippen LogP contribution in [-0.4, -0.2) is 25.3 Å². The number of aromatic hydroxyl groups is 1. The number of nitrogens with zero attached hydrogens (tertiary/aromatic N) is 4. The SMILES string of the molecule is Oc1cccc(F)c1-c1nnn(C(F)F)n1. The first-order valence-corrected chi connectivity index (χ1v) is 4.15. The fraction of sp³-hybridized carbons (Fsp3) is 0.125. The number of hydrogen-bond donors (Lipinski definition) is 1. The predicted molar refractivity (Wildman–Crippen MR) is 46.1 cm³/mol. The van der Waals surface area contributed by atoms with Crippen molar-refractivity contribution < 1.29 is 18.3 Å². The molecule has 0 saturated carbocycles. The van der Waals surface area contributed by atoms with Crippen LogP contribution in [0.3, 0.4) is 0 Å². The molecular formula is C8H5F3N4O. The van der Waals surface area contributed by atoms with Crippen molar-refractivity contribution in [1.29, 1.82) is 0 Å². The van der Waals surface area contributed by atoms with Crippen molar-refractivity contribution in [3.05, 3.63) is 24.0 Å². The Balaban J connectivity index is 2.50. The molecule has 0 spiro atoms. The van der Waals surface area contributed by atoms with Gasteiger partial charge in [-0.1, -0.05) is 10.9 Å². The standard InChI is InChI=1S/C8H5F3N4O/c9-4-2-1-3-5(16)6(4)7-12-14-15(13-7)8(10)11/h1-3,8,16H. The number of aromatic nitrogens is 4. The summed E-state index contributed by atoms with van der Waals surface area (Å²) in [6.45, 7) is -2.96. The lowest BCUT2D eigenvalue weighted by atomic mass is 10.2. The molecule has 0 amide bonds. The Morgan fingerprint density at radius 1 is 1.31 bits per heavy atom. The molecule has 2 rings (SSSR count). The maximum Gasteiger partial charge on any atom is 0.350 e. The zero-order valence-corrected chi connectivity index (χ0v) is 7.68. The number of phenolic OH excluding ortho intramolecular Hbond substituents is 1. The van der Waals surface area contributed by atoms with Gasteiger partial charge in [0.1, 0.15) is 17.1 Å².